The average molecular weight is 730 g/mol. The molecule has 0 saturated heterocycles. The highest BCUT2D eigenvalue weighted by Gasteiger charge is 2.27. The van der Waals surface area contributed by atoms with Crippen molar-refractivity contribution in [3.8, 4) is 0 Å². The second-order valence-electron chi connectivity index (χ2n) is 14.2. The van der Waals surface area contributed by atoms with E-state index in [1.165, 1.54) is 70.6 Å². The normalized spacial score (nSPS) is 12.1. The minimum atomic E-state index is -1.05. The summed E-state index contributed by atoms with van der Waals surface area (Å²) < 4.78 is 26.9. The van der Waals surface area contributed by atoms with Gasteiger partial charge in [-0.05, 0) is 40.0 Å². The predicted octanol–water partition coefficient (Wildman–Crippen LogP) is 6.78. The topological polar surface area (TPSA) is 164 Å². The van der Waals surface area contributed by atoms with Crippen LogP contribution in [0.2, 0.25) is 0 Å². The van der Waals surface area contributed by atoms with Gasteiger partial charge in [0, 0.05) is 38.8 Å². The lowest BCUT2D eigenvalue weighted by Gasteiger charge is -2.23. The average Bonchev–Trinajstić information content (AvgIpc) is 3.06. The number of rotatable bonds is 37. The number of esters is 1. The Labute approximate surface area is 307 Å². The first-order valence-electron chi connectivity index (χ1n) is 19.5. The van der Waals surface area contributed by atoms with Gasteiger partial charge in [0.2, 0.25) is 5.91 Å². The van der Waals surface area contributed by atoms with Crippen molar-refractivity contribution in [2.45, 2.75) is 155 Å². The molecule has 0 heterocycles. The van der Waals surface area contributed by atoms with Crippen molar-refractivity contribution in [2.75, 3.05) is 59.4 Å². The molecule has 0 aliphatic carbocycles. The number of carboxylic acid groups (broad SMARTS) is 1. The van der Waals surface area contributed by atoms with E-state index in [9.17, 15) is 24.0 Å². The van der Waals surface area contributed by atoms with Gasteiger partial charge >= 0.3 is 11.9 Å². The molecule has 1 amide bonds. The monoisotopic (exact) mass is 730 g/mol. The molecule has 12 heteroatoms. The number of unbranched alkanes of at least 4 members (excludes halogenated alkanes) is 12. The number of ketones is 2. The number of carbonyl (C=O) groups is 5. The van der Waals surface area contributed by atoms with Crippen molar-refractivity contribution in [1.82, 2.24) is 5.32 Å². The summed E-state index contributed by atoms with van der Waals surface area (Å²) in [6.07, 6.45) is 18.4. The number of carbonyl (C=O) groups excluding carboxylic acids is 4. The summed E-state index contributed by atoms with van der Waals surface area (Å²) in [5, 5.41) is 11.6. The van der Waals surface area contributed by atoms with Crippen LogP contribution in [-0.2, 0) is 47.7 Å². The van der Waals surface area contributed by atoms with Gasteiger partial charge in [-0.2, -0.15) is 0 Å². The number of hydrogen-bond donors (Lipinski definition) is 2. The third kappa shape index (κ3) is 35.8. The quantitative estimate of drug-likeness (QED) is 0.0512. The van der Waals surface area contributed by atoms with Crippen LogP contribution in [0, 0.1) is 5.92 Å². The Morgan fingerprint density at radius 2 is 1.10 bits per heavy atom. The molecule has 12 nitrogen and oxygen atoms in total. The molecule has 1 unspecified atom stereocenters. The number of carboxylic acids is 1. The molecular formula is C39H71NO11. The number of aliphatic carboxylic acids is 1. The highest BCUT2D eigenvalue weighted by molar-refractivity contribution is 5.85. The van der Waals surface area contributed by atoms with Crippen molar-refractivity contribution in [3.05, 3.63) is 0 Å². The zero-order valence-electron chi connectivity index (χ0n) is 32.4. The summed E-state index contributed by atoms with van der Waals surface area (Å²) in [5.41, 5.74) is -0.744. The van der Waals surface area contributed by atoms with E-state index >= 15 is 0 Å². The number of hydrogen-bond acceptors (Lipinski definition) is 10. The van der Waals surface area contributed by atoms with E-state index in [0.717, 1.165) is 12.8 Å². The van der Waals surface area contributed by atoms with Crippen LogP contribution in [0.4, 0.5) is 0 Å². The molecule has 0 rings (SSSR count). The highest BCUT2D eigenvalue weighted by atomic mass is 16.6. The van der Waals surface area contributed by atoms with Crippen molar-refractivity contribution in [3.63, 3.8) is 0 Å². The molecule has 298 valence electrons. The molecular weight excluding hydrogens is 658 g/mol. The van der Waals surface area contributed by atoms with Gasteiger partial charge in [-0.15, -0.1) is 0 Å². The zero-order valence-corrected chi connectivity index (χ0v) is 32.4. The van der Waals surface area contributed by atoms with Gasteiger partial charge in [0.1, 0.15) is 24.6 Å². The SMILES string of the molecule is CCCCCCCCCCCCCCCC(=O)CCCOCCOCC(=O)NCCOCCOCC(=O)CC(CCC(=O)O)C(=O)OC(C)(C)C. The van der Waals surface area contributed by atoms with E-state index in [1.54, 1.807) is 20.8 Å². The van der Waals surface area contributed by atoms with Crippen LogP contribution in [0.3, 0.4) is 0 Å². The van der Waals surface area contributed by atoms with Crippen LogP contribution in [-0.4, -0.2) is 99.5 Å². The first-order chi connectivity index (χ1) is 24.4. The second kappa shape index (κ2) is 33.4. The predicted molar refractivity (Wildman–Crippen MR) is 197 cm³/mol. The second-order valence-corrected chi connectivity index (χ2v) is 14.2. The Hall–Kier alpha value is -2.41. The van der Waals surface area contributed by atoms with Gasteiger partial charge in [-0.1, -0.05) is 84.0 Å². The summed E-state index contributed by atoms with van der Waals surface area (Å²) in [7, 11) is 0. The lowest BCUT2D eigenvalue weighted by atomic mass is 9.97. The van der Waals surface area contributed by atoms with Gasteiger partial charge in [-0.25, -0.2) is 0 Å². The molecule has 0 aromatic rings. The third-order valence-corrected chi connectivity index (χ3v) is 8.03. The van der Waals surface area contributed by atoms with Gasteiger partial charge in [0.15, 0.2) is 5.78 Å². The third-order valence-electron chi connectivity index (χ3n) is 8.03. The van der Waals surface area contributed by atoms with E-state index in [0.29, 0.717) is 38.3 Å². The molecule has 0 fully saturated rings. The maximum atomic E-state index is 12.4. The molecule has 0 bridgehead atoms. The fourth-order valence-electron chi connectivity index (χ4n) is 5.26. The Balaban J connectivity index is 3.60. The standard InChI is InChI=1S/C39H71NO11/c1-5-6-7-8-9-10-11-12-13-14-15-16-17-19-34(41)20-18-24-47-26-29-50-32-36(43)40-23-25-48-27-28-49-31-35(42)30-33(21-22-37(44)45)38(46)51-39(2,3)4/h33H,5-32H2,1-4H3,(H,40,43)(H,44,45). The molecule has 0 aliphatic heterocycles. The summed E-state index contributed by atoms with van der Waals surface area (Å²) in [5.74, 6) is -2.81. The highest BCUT2D eigenvalue weighted by Crippen LogP contribution is 2.19. The fourth-order valence-corrected chi connectivity index (χ4v) is 5.26. The molecule has 0 aromatic heterocycles. The summed E-state index contributed by atoms with van der Waals surface area (Å²) in [6.45, 7) is 9.06. The lowest BCUT2D eigenvalue weighted by Crippen LogP contribution is -2.31. The summed E-state index contributed by atoms with van der Waals surface area (Å²) >= 11 is 0. The number of nitrogens with one attached hydrogen (secondary N) is 1. The van der Waals surface area contributed by atoms with E-state index in [2.05, 4.69) is 12.2 Å². The largest absolute Gasteiger partial charge is 0.481 e. The fraction of sp³-hybridized carbons (Fsp3) is 0.872. The van der Waals surface area contributed by atoms with Crippen molar-refractivity contribution >= 4 is 29.4 Å². The summed E-state index contributed by atoms with van der Waals surface area (Å²) in [6, 6.07) is 0. The van der Waals surface area contributed by atoms with E-state index in [-0.39, 0.29) is 77.1 Å². The smallest absolute Gasteiger partial charge is 0.309 e. The number of ether oxygens (including phenoxy) is 5. The van der Waals surface area contributed by atoms with Crippen molar-refractivity contribution < 1.29 is 52.8 Å². The zero-order chi connectivity index (χ0) is 38.0. The van der Waals surface area contributed by atoms with Gasteiger partial charge in [-0.3, -0.25) is 24.0 Å². The first-order valence-corrected chi connectivity index (χ1v) is 19.5. The summed E-state index contributed by atoms with van der Waals surface area (Å²) in [4.78, 5) is 59.6. The molecule has 51 heavy (non-hydrogen) atoms. The first kappa shape index (κ1) is 48.6. The Morgan fingerprint density at radius 3 is 1.67 bits per heavy atom. The molecule has 0 aliphatic rings. The van der Waals surface area contributed by atoms with Crippen molar-refractivity contribution in [2.24, 2.45) is 5.92 Å². The Morgan fingerprint density at radius 1 is 0.588 bits per heavy atom. The van der Waals surface area contributed by atoms with E-state index in [4.69, 9.17) is 28.8 Å². The maximum Gasteiger partial charge on any atom is 0.309 e. The van der Waals surface area contributed by atoms with Crippen LogP contribution in [0.25, 0.3) is 0 Å². The number of Topliss-reactive ketones (excluding diaryl/α,β-unsaturated/α-hetero) is 2. The van der Waals surface area contributed by atoms with Crippen molar-refractivity contribution in [1.29, 1.82) is 0 Å². The van der Waals surface area contributed by atoms with Crippen LogP contribution in [0.15, 0.2) is 0 Å². The van der Waals surface area contributed by atoms with Crippen LogP contribution in [0.5, 0.6) is 0 Å². The molecule has 0 radical (unpaired) electrons. The molecule has 0 saturated carbocycles. The van der Waals surface area contributed by atoms with E-state index < -0.39 is 23.5 Å². The Kier molecular flexibility index (Phi) is 31.8. The number of amides is 1. The maximum absolute atomic E-state index is 12.4. The van der Waals surface area contributed by atoms with Crippen LogP contribution >= 0.6 is 0 Å². The van der Waals surface area contributed by atoms with Gasteiger partial charge in [0.05, 0.1) is 39.0 Å². The minimum absolute atomic E-state index is 0.00639. The Bertz CT molecular complexity index is 919. The molecule has 2 N–H and O–H groups in total. The molecule has 0 aromatic carbocycles. The lowest BCUT2D eigenvalue weighted by molar-refractivity contribution is -0.162. The van der Waals surface area contributed by atoms with Gasteiger partial charge in [0.25, 0.3) is 0 Å². The van der Waals surface area contributed by atoms with Crippen LogP contribution in [0.1, 0.15) is 150 Å². The minimum Gasteiger partial charge on any atom is -0.481 e. The van der Waals surface area contributed by atoms with Crippen LogP contribution < -0.4 is 5.32 Å². The molecule has 0 spiro atoms. The molecule has 1 atom stereocenters. The van der Waals surface area contributed by atoms with Gasteiger partial charge < -0.3 is 34.1 Å². The van der Waals surface area contributed by atoms with E-state index in [1.807, 2.05) is 0 Å².